The van der Waals surface area contributed by atoms with Crippen molar-refractivity contribution in [3.05, 3.63) is 29.8 Å². The number of carboxylic acids is 1. The van der Waals surface area contributed by atoms with Gasteiger partial charge in [-0.3, -0.25) is 4.79 Å². The lowest BCUT2D eigenvalue weighted by molar-refractivity contribution is -0.137. The van der Waals surface area contributed by atoms with Crippen molar-refractivity contribution in [2.45, 2.75) is 57.5 Å². The van der Waals surface area contributed by atoms with Crippen LogP contribution in [0.15, 0.2) is 24.3 Å². The maximum atomic E-state index is 10.9. The normalized spacial score (nSPS) is 16.6. The molecule has 2 rings (SSSR count). The molecule has 0 bridgehead atoms. The molecule has 1 N–H and O–H groups in total. The van der Waals surface area contributed by atoms with Gasteiger partial charge >= 0.3 is 5.97 Å². The molecule has 112 valence electrons. The van der Waals surface area contributed by atoms with Crippen LogP contribution in [0, 0.1) is 11.8 Å². The quantitative estimate of drug-likeness (QED) is 0.833. The monoisotopic (exact) mass is 286 g/mol. The Hall–Kier alpha value is -1.95. The third kappa shape index (κ3) is 4.82. The molecule has 0 saturated heterocycles. The van der Waals surface area contributed by atoms with E-state index in [1.165, 1.54) is 19.3 Å². The summed E-state index contributed by atoms with van der Waals surface area (Å²) in [7, 11) is 0. The Morgan fingerprint density at radius 3 is 2.52 bits per heavy atom. The standard InChI is InChI=1S/C18H22O3/c1-2-6-15(13-18(19)20)14-9-11-17(12-10-14)21-16-7-4-3-5-8-16/h9-12,15-16H,3-5,7-8,13H2,1H3,(H,19,20). The minimum atomic E-state index is -0.828. The van der Waals surface area contributed by atoms with Gasteiger partial charge in [0.2, 0.25) is 0 Å². The fraction of sp³-hybridized carbons (Fsp3) is 0.500. The molecular formula is C18H22O3. The zero-order valence-corrected chi connectivity index (χ0v) is 12.5. The highest BCUT2D eigenvalue weighted by Crippen LogP contribution is 2.26. The summed E-state index contributed by atoms with van der Waals surface area (Å²) >= 11 is 0. The third-order valence-electron chi connectivity index (χ3n) is 3.83. The summed E-state index contributed by atoms with van der Waals surface area (Å²) in [6.45, 7) is 1.73. The van der Waals surface area contributed by atoms with Gasteiger partial charge in [0, 0.05) is 0 Å². The van der Waals surface area contributed by atoms with E-state index in [9.17, 15) is 4.79 Å². The van der Waals surface area contributed by atoms with Gasteiger partial charge in [-0.2, -0.15) is 0 Å². The van der Waals surface area contributed by atoms with Gasteiger partial charge in [0.25, 0.3) is 0 Å². The van der Waals surface area contributed by atoms with Gasteiger partial charge in [-0.1, -0.05) is 24.5 Å². The Bertz CT molecular complexity index is 516. The second kappa shape index (κ2) is 7.73. The van der Waals surface area contributed by atoms with Crippen molar-refractivity contribution in [1.29, 1.82) is 0 Å². The lowest BCUT2D eigenvalue weighted by atomic mass is 9.96. The zero-order valence-electron chi connectivity index (χ0n) is 12.5. The van der Waals surface area contributed by atoms with E-state index in [-0.39, 0.29) is 12.3 Å². The number of carbonyl (C=O) groups is 1. The Balaban J connectivity index is 2.01. The average molecular weight is 286 g/mol. The molecule has 0 aliphatic heterocycles. The molecule has 1 aromatic carbocycles. The van der Waals surface area contributed by atoms with Crippen LogP contribution in [0.3, 0.4) is 0 Å². The molecule has 21 heavy (non-hydrogen) atoms. The van der Waals surface area contributed by atoms with E-state index in [1.807, 2.05) is 24.3 Å². The molecule has 1 aromatic rings. The summed E-state index contributed by atoms with van der Waals surface area (Å²) in [5.41, 5.74) is 0.933. The van der Waals surface area contributed by atoms with Gasteiger partial charge in [-0.05, 0) is 50.3 Å². The van der Waals surface area contributed by atoms with Crippen LogP contribution < -0.4 is 4.74 Å². The maximum absolute atomic E-state index is 10.9. The van der Waals surface area contributed by atoms with E-state index in [0.29, 0.717) is 6.10 Å². The first-order valence-corrected chi connectivity index (χ1v) is 7.59. The van der Waals surface area contributed by atoms with Crippen LogP contribution in [0.4, 0.5) is 0 Å². The number of benzene rings is 1. The second-order valence-electron chi connectivity index (χ2n) is 5.49. The van der Waals surface area contributed by atoms with Gasteiger partial charge < -0.3 is 9.84 Å². The largest absolute Gasteiger partial charge is 0.490 e. The minimum Gasteiger partial charge on any atom is -0.490 e. The SMILES string of the molecule is CC#CC(CC(=O)O)c1ccc(OC2CCCCC2)cc1. The number of aliphatic carboxylic acids is 1. The molecule has 0 amide bonds. The number of rotatable bonds is 5. The van der Waals surface area contributed by atoms with Crippen molar-refractivity contribution in [3.8, 4) is 17.6 Å². The number of hydrogen-bond donors (Lipinski definition) is 1. The minimum absolute atomic E-state index is 0.0314. The first-order chi connectivity index (χ1) is 10.2. The van der Waals surface area contributed by atoms with Crippen molar-refractivity contribution in [3.63, 3.8) is 0 Å². The molecule has 1 aliphatic rings. The molecule has 1 saturated carbocycles. The highest BCUT2D eigenvalue weighted by Gasteiger charge is 2.16. The number of carboxylic acid groups (broad SMARTS) is 1. The summed E-state index contributed by atoms with van der Waals surface area (Å²) in [5, 5.41) is 8.95. The van der Waals surface area contributed by atoms with Crippen LogP contribution >= 0.6 is 0 Å². The Morgan fingerprint density at radius 2 is 1.95 bits per heavy atom. The van der Waals surface area contributed by atoms with E-state index in [4.69, 9.17) is 9.84 Å². The summed E-state index contributed by atoms with van der Waals surface area (Å²) in [6.07, 6.45) is 6.42. The molecule has 3 heteroatoms. The average Bonchev–Trinajstić information content (AvgIpc) is 2.48. The number of hydrogen-bond acceptors (Lipinski definition) is 2. The molecule has 3 nitrogen and oxygen atoms in total. The first-order valence-electron chi connectivity index (χ1n) is 7.59. The van der Waals surface area contributed by atoms with Crippen LogP contribution in [-0.2, 0) is 4.79 Å². The molecule has 1 unspecified atom stereocenters. The van der Waals surface area contributed by atoms with E-state index in [1.54, 1.807) is 6.92 Å². The second-order valence-corrected chi connectivity index (χ2v) is 5.49. The molecule has 1 fully saturated rings. The van der Waals surface area contributed by atoms with Gasteiger partial charge in [-0.25, -0.2) is 0 Å². The highest BCUT2D eigenvalue weighted by molar-refractivity contribution is 5.69. The van der Waals surface area contributed by atoms with Crippen LogP contribution in [0.2, 0.25) is 0 Å². The van der Waals surface area contributed by atoms with E-state index < -0.39 is 5.97 Å². The van der Waals surface area contributed by atoms with Gasteiger partial charge in [0.05, 0.1) is 18.4 Å². The first kappa shape index (κ1) is 15.4. The fourth-order valence-electron chi connectivity index (χ4n) is 2.76. The van der Waals surface area contributed by atoms with Crippen molar-refractivity contribution < 1.29 is 14.6 Å². The maximum Gasteiger partial charge on any atom is 0.304 e. The van der Waals surface area contributed by atoms with Crippen molar-refractivity contribution in [1.82, 2.24) is 0 Å². The van der Waals surface area contributed by atoms with Gasteiger partial charge in [0.1, 0.15) is 5.75 Å². The fourth-order valence-corrected chi connectivity index (χ4v) is 2.76. The van der Waals surface area contributed by atoms with Crippen LogP contribution in [-0.4, -0.2) is 17.2 Å². The molecule has 1 atom stereocenters. The Morgan fingerprint density at radius 1 is 1.29 bits per heavy atom. The van der Waals surface area contributed by atoms with E-state index in [2.05, 4.69) is 11.8 Å². The third-order valence-corrected chi connectivity index (χ3v) is 3.83. The predicted molar refractivity (Wildman–Crippen MR) is 82.4 cm³/mol. The lowest BCUT2D eigenvalue weighted by Gasteiger charge is -2.23. The smallest absolute Gasteiger partial charge is 0.304 e. The van der Waals surface area contributed by atoms with Crippen LogP contribution in [0.25, 0.3) is 0 Å². The Labute approximate surface area is 126 Å². The summed E-state index contributed by atoms with van der Waals surface area (Å²) < 4.78 is 5.98. The number of ether oxygens (including phenoxy) is 1. The molecule has 0 spiro atoms. The zero-order chi connectivity index (χ0) is 15.1. The molecular weight excluding hydrogens is 264 g/mol. The summed E-state index contributed by atoms with van der Waals surface area (Å²) in [6, 6.07) is 7.71. The van der Waals surface area contributed by atoms with Crippen LogP contribution in [0.1, 0.15) is 56.9 Å². The molecule has 1 aliphatic carbocycles. The molecule has 0 radical (unpaired) electrons. The van der Waals surface area contributed by atoms with E-state index in [0.717, 1.165) is 24.2 Å². The van der Waals surface area contributed by atoms with Gasteiger partial charge in [-0.15, -0.1) is 5.92 Å². The highest BCUT2D eigenvalue weighted by atomic mass is 16.5. The topological polar surface area (TPSA) is 46.5 Å². The van der Waals surface area contributed by atoms with Gasteiger partial charge in [0.15, 0.2) is 0 Å². The van der Waals surface area contributed by atoms with Crippen molar-refractivity contribution >= 4 is 5.97 Å². The predicted octanol–water partition coefficient (Wildman–Crippen LogP) is 3.98. The summed E-state index contributed by atoms with van der Waals surface area (Å²) in [5.74, 6) is 5.55. The Kier molecular flexibility index (Phi) is 5.68. The molecule has 0 heterocycles. The van der Waals surface area contributed by atoms with Crippen molar-refractivity contribution in [2.24, 2.45) is 0 Å². The molecule has 0 aromatic heterocycles. The van der Waals surface area contributed by atoms with Crippen LogP contribution in [0.5, 0.6) is 5.75 Å². The summed E-state index contributed by atoms with van der Waals surface area (Å²) in [4.78, 5) is 10.9. The lowest BCUT2D eigenvalue weighted by Crippen LogP contribution is -2.19. The van der Waals surface area contributed by atoms with Crippen molar-refractivity contribution in [2.75, 3.05) is 0 Å². The van der Waals surface area contributed by atoms with E-state index >= 15 is 0 Å².